The molecule has 3 saturated carbocycles. The van der Waals surface area contributed by atoms with E-state index in [2.05, 4.69) is 0 Å². The normalized spacial score (nSPS) is 41.1. The van der Waals surface area contributed by atoms with Crippen LogP contribution in [-0.2, 0) is 25.6 Å². The number of aldehydes is 1. The van der Waals surface area contributed by atoms with Crippen LogP contribution in [0.5, 0.6) is 5.75 Å². The van der Waals surface area contributed by atoms with E-state index in [-0.39, 0.29) is 41.9 Å². The van der Waals surface area contributed by atoms with Gasteiger partial charge >= 0.3 is 13.1 Å². The molecule has 4 aliphatic rings. The molecule has 0 aromatic heterocycles. The maximum Gasteiger partial charge on any atom is 0.494 e. The lowest BCUT2D eigenvalue weighted by molar-refractivity contribution is -0.197. The van der Waals surface area contributed by atoms with Crippen LogP contribution in [0.4, 0.5) is 4.39 Å². The summed E-state index contributed by atoms with van der Waals surface area (Å²) in [6.45, 7) is 7.50. The van der Waals surface area contributed by atoms with E-state index in [1.165, 1.54) is 12.1 Å². The van der Waals surface area contributed by atoms with E-state index >= 15 is 4.39 Å². The summed E-state index contributed by atoms with van der Waals surface area (Å²) in [6.07, 6.45) is 0.300. The molecule has 10 heteroatoms. The Morgan fingerprint density at radius 1 is 1.29 bits per heavy atom. The molecule has 38 heavy (non-hydrogen) atoms. The first kappa shape index (κ1) is 27.3. The number of carbonyl (C=O) groups is 3. The van der Waals surface area contributed by atoms with E-state index in [1.54, 1.807) is 6.92 Å². The van der Waals surface area contributed by atoms with Gasteiger partial charge in [-0.3, -0.25) is 4.79 Å². The van der Waals surface area contributed by atoms with Crippen molar-refractivity contribution in [2.75, 3.05) is 0 Å². The van der Waals surface area contributed by atoms with Crippen molar-refractivity contribution in [2.45, 2.75) is 78.6 Å². The molecular formula is C28H36BFO8. The van der Waals surface area contributed by atoms with Crippen molar-refractivity contribution in [3.8, 4) is 5.75 Å². The fourth-order valence-electron chi connectivity index (χ4n) is 8.62. The van der Waals surface area contributed by atoms with Gasteiger partial charge in [0, 0.05) is 29.1 Å². The van der Waals surface area contributed by atoms with Gasteiger partial charge in [0.1, 0.15) is 12.1 Å². The monoisotopic (exact) mass is 530 g/mol. The van der Waals surface area contributed by atoms with E-state index in [0.717, 1.165) is 6.42 Å². The summed E-state index contributed by atoms with van der Waals surface area (Å²) in [4.78, 5) is 39.0. The highest BCUT2D eigenvalue weighted by atomic mass is 19.1. The van der Waals surface area contributed by atoms with Crippen molar-refractivity contribution in [3.63, 3.8) is 0 Å². The number of aliphatic hydroxyl groups is 1. The molecule has 2 bridgehead atoms. The third kappa shape index (κ3) is 3.63. The van der Waals surface area contributed by atoms with Crippen LogP contribution < -0.4 is 10.2 Å². The van der Waals surface area contributed by atoms with Crippen LogP contribution in [0.25, 0.3) is 0 Å². The van der Waals surface area contributed by atoms with Crippen LogP contribution in [0.2, 0.25) is 0 Å². The van der Waals surface area contributed by atoms with Crippen molar-refractivity contribution < 1.29 is 43.4 Å². The molecule has 1 aliphatic heterocycles. The summed E-state index contributed by atoms with van der Waals surface area (Å²) in [5, 5.41) is 32.1. The number of ketones is 1. The van der Waals surface area contributed by atoms with Gasteiger partial charge in [-0.1, -0.05) is 33.8 Å². The summed E-state index contributed by atoms with van der Waals surface area (Å²) < 4.78 is 26.5. The van der Waals surface area contributed by atoms with Crippen LogP contribution in [0.3, 0.4) is 0 Å². The Balaban J connectivity index is 1.67. The number of hydrogen-bond donors (Lipinski definition) is 3. The average Bonchev–Trinajstić information content (AvgIpc) is 3.44. The molecule has 206 valence electrons. The fraction of sp³-hybridized carbons (Fsp3) is 0.679. The van der Waals surface area contributed by atoms with Crippen LogP contribution in [0, 0.1) is 45.7 Å². The summed E-state index contributed by atoms with van der Waals surface area (Å²) >= 11 is 0. The quantitative estimate of drug-likeness (QED) is 0.391. The summed E-state index contributed by atoms with van der Waals surface area (Å²) in [7, 11) is -1.49. The molecule has 8 nitrogen and oxygen atoms in total. The number of halogens is 1. The Morgan fingerprint density at radius 3 is 2.66 bits per heavy atom. The van der Waals surface area contributed by atoms with Gasteiger partial charge in [-0.25, -0.2) is 9.18 Å². The molecule has 0 amide bonds. The molecule has 1 heterocycles. The first-order valence-corrected chi connectivity index (χ1v) is 13.5. The van der Waals surface area contributed by atoms with E-state index in [0.29, 0.717) is 31.1 Å². The van der Waals surface area contributed by atoms with Crippen molar-refractivity contribution in [2.24, 2.45) is 39.9 Å². The number of fused-ring (bicyclic) bond motifs is 1. The third-order valence-corrected chi connectivity index (χ3v) is 11.0. The smallest absolute Gasteiger partial charge is 0.478 e. The van der Waals surface area contributed by atoms with E-state index in [9.17, 15) is 29.6 Å². The molecule has 5 rings (SSSR count). The second-order valence-corrected chi connectivity index (χ2v) is 12.6. The number of aliphatic hydroxyl groups excluding tert-OH is 1. The number of carboxylic acid groups (broad SMARTS) is 1. The van der Waals surface area contributed by atoms with Gasteiger partial charge in [-0.15, -0.1) is 0 Å². The second kappa shape index (κ2) is 9.13. The zero-order valence-corrected chi connectivity index (χ0v) is 22.3. The Bertz CT molecular complexity index is 1180. The van der Waals surface area contributed by atoms with Gasteiger partial charge in [0.05, 0.1) is 12.7 Å². The topological polar surface area (TPSA) is 130 Å². The van der Waals surface area contributed by atoms with E-state index in [1.807, 2.05) is 20.8 Å². The number of benzene rings is 1. The average molecular weight is 530 g/mol. The van der Waals surface area contributed by atoms with Gasteiger partial charge in [-0.2, -0.15) is 0 Å². The molecule has 9 atom stereocenters. The maximum atomic E-state index is 15.5. The van der Waals surface area contributed by atoms with Gasteiger partial charge < -0.3 is 29.4 Å². The lowest BCUT2D eigenvalue weighted by atomic mass is 9.41. The molecule has 1 unspecified atom stereocenters. The number of Topliss-reactive ketones (excluding diaryl/α,β-unsaturated/α-hetero) is 1. The third-order valence-electron chi connectivity index (χ3n) is 11.0. The summed E-state index contributed by atoms with van der Waals surface area (Å²) in [5.41, 5.74) is -2.40. The standard InChI is InChI=1S/C28H36BFO8/c1-14-7-9-28-10-8-18(32)23(28)27(14,4)17(11-26(3,13-31)24(33)15(28)2)22(25(34)35)38-19-6-5-16-12-37-29(36)20(16)21(19)30/h5-6,13-15,17,22-24,33,36H,7-12H2,1-4H3,(H,34,35)/t14-,15+,17+,22?,23+,24+,26+,27-,28+/m1/s1. The zero-order chi connectivity index (χ0) is 27.8. The van der Waals surface area contributed by atoms with Crippen LogP contribution in [-0.4, -0.2) is 52.6 Å². The van der Waals surface area contributed by atoms with Gasteiger partial charge in [0.25, 0.3) is 0 Å². The number of hydrogen-bond acceptors (Lipinski definition) is 7. The molecule has 0 radical (unpaired) electrons. The highest BCUT2D eigenvalue weighted by Gasteiger charge is 2.69. The van der Waals surface area contributed by atoms with E-state index < -0.39 is 59.2 Å². The minimum absolute atomic E-state index is 0.0217. The largest absolute Gasteiger partial charge is 0.494 e. The van der Waals surface area contributed by atoms with Gasteiger partial charge in [-0.05, 0) is 60.0 Å². The van der Waals surface area contributed by atoms with Crippen molar-refractivity contribution in [3.05, 3.63) is 23.5 Å². The summed E-state index contributed by atoms with van der Waals surface area (Å²) in [5.74, 6) is -4.39. The lowest BCUT2D eigenvalue weighted by Crippen LogP contribution is -2.64. The van der Waals surface area contributed by atoms with Crippen molar-refractivity contribution in [1.82, 2.24) is 0 Å². The number of rotatable bonds is 5. The zero-order valence-electron chi connectivity index (χ0n) is 22.3. The maximum absolute atomic E-state index is 15.5. The molecule has 3 fully saturated rings. The molecule has 0 saturated heterocycles. The van der Waals surface area contributed by atoms with Gasteiger partial charge in [0.15, 0.2) is 17.7 Å². The van der Waals surface area contributed by atoms with Crippen molar-refractivity contribution in [1.29, 1.82) is 0 Å². The molecular weight excluding hydrogens is 494 g/mol. The minimum atomic E-state index is -1.61. The molecule has 3 N–H and O–H groups in total. The van der Waals surface area contributed by atoms with Crippen LogP contribution in [0.15, 0.2) is 12.1 Å². The number of carbonyl (C=O) groups excluding carboxylic acids is 2. The first-order chi connectivity index (χ1) is 17.8. The number of ether oxygens (including phenoxy) is 1. The predicted octanol–water partition coefficient (Wildman–Crippen LogP) is 2.50. The Labute approximate surface area is 222 Å². The number of carboxylic acids is 1. The Kier molecular flexibility index (Phi) is 6.56. The molecule has 3 aliphatic carbocycles. The Hall–Kier alpha value is -2.30. The fourth-order valence-corrected chi connectivity index (χ4v) is 8.62. The Morgan fingerprint density at radius 2 is 2.00 bits per heavy atom. The van der Waals surface area contributed by atoms with Crippen LogP contribution >= 0.6 is 0 Å². The second-order valence-electron chi connectivity index (χ2n) is 12.6. The van der Waals surface area contributed by atoms with E-state index in [4.69, 9.17) is 9.39 Å². The molecule has 0 spiro atoms. The minimum Gasteiger partial charge on any atom is -0.478 e. The number of aliphatic carboxylic acids is 1. The van der Waals surface area contributed by atoms with Gasteiger partial charge in [0.2, 0.25) is 0 Å². The highest BCUT2D eigenvalue weighted by molar-refractivity contribution is 6.61. The predicted molar refractivity (Wildman–Crippen MR) is 135 cm³/mol. The first-order valence-electron chi connectivity index (χ1n) is 13.5. The van der Waals surface area contributed by atoms with Crippen LogP contribution in [0.1, 0.15) is 65.4 Å². The molecule has 1 aromatic rings. The summed E-state index contributed by atoms with van der Waals surface area (Å²) in [6, 6.07) is 2.85. The highest BCUT2D eigenvalue weighted by Crippen LogP contribution is 2.69. The SMILES string of the molecule is C[C@@H]1CC[C@@]23CCC(=O)[C@H]2[C@@]1(C)[C@H](C(Oc1ccc2c(c1F)B(O)OC2)C(=O)O)C[C@@](C)(C=O)[C@@H](O)[C@@H]3C. The molecule has 1 aromatic carbocycles. The van der Waals surface area contributed by atoms with Crippen molar-refractivity contribution >= 4 is 30.6 Å². The lowest BCUT2D eigenvalue weighted by Gasteiger charge is -2.62.